The summed E-state index contributed by atoms with van der Waals surface area (Å²) in [5, 5.41) is 0.693. The summed E-state index contributed by atoms with van der Waals surface area (Å²) in [4.78, 5) is 49.5. The standard InChI is InChI=1S/C27H34O15S/c1-16-13-21(28)39-19-14-17(5-6-18(16)19)38-24-23(42-27(31)37-12-9-34-4)22(41-26(30)36-11-8-33-3)20(15-43-24)40-25(29)35-10-7-32-2/h5-6,13-14,20,22-24H,7-12,15H2,1-4H3/t20-,22+,23-,24+/m1/s1. The average molecular weight is 631 g/mol. The molecule has 1 aromatic heterocycles. The van der Waals surface area contributed by atoms with Crippen molar-refractivity contribution in [1.29, 1.82) is 0 Å². The predicted molar refractivity (Wildman–Crippen MR) is 148 cm³/mol. The molecule has 1 aliphatic heterocycles. The zero-order valence-corrected chi connectivity index (χ0v) is 24.9. The first-order chi connectivity index (χ1) is 20.7. The van der Waals surface area contributed by atoms with Crippen LogP contribution in [0.4, 0.5) is 14.4 Å². The molecule has 1 aromatic carbocycles. The molecule has 0 aliphatic carbocycles. The molecule has 0 saturated carbocycles. The number of ether oxygens (including phenoxy) is 10. The summed E-state index contributed by atoms with van der Waals surface area (Å²) in [7, 11) is 4.28. The lowest BCUT2D eigenvalue weighted by atomic mass is 10.1. The maximum atomic E-state index is 12.6. The van der Waals surface area contributed by atoms with Crippen LogP contribution in [0.2, 0.25) is 0 Å². The average Bonchev–Trinajstić information content (AvgIpc) is 2.96. The van der Waals surface area contributed by atoms with Gasteiger partial charge in [-0.1, -0.05) is 0 Å². The molecule has 0 amide bonds. The molecule has 1 saturated heterocycles. The minimum atomic E-state index is -1.42. The molecule has 0 spiro atoms. The fourth-order valence-corrected chi connectivity index (χ4v) is 5.02. The number of thioether (sulfide) groups is 1. The fraction of sp³-hybridized carbons (Fsp3) is 0.556. The molecule has 4 atom stereocenters. The van der Waals surface area contributed by atoms with E-state index in [1.165, 1.54) is 33.5 Å². The van der Waals surface area contributed by atoms with E-state index in [1.54, 1.807) is 19.1 Å². The Morgan fingerprint density at radius 2 is 1.35 bits per heavy atom. The summed E-state index contributed by atoms with van der Waals surface area (Å²) >= 11 is 1.10. The molecule has 0 bridgehead atoms. The van der Waals surface area contributed by atoms with Crippen LogP contribution >= 0.6 is 11.8 Å². The summed E-state index contributed by atoms with van der Waals surface area (Å²) in [6, 6.07) is 6.21. The van der Waals surface area contributed by atoms with E-state index in [0.717, 1.165) is 11.8 Å². The van der Waals surface area contributed by atoms with Crippen molar-refractivity contribution in [3.05, 3.63) is 40.2 Å². The molecule has 16 heteroatoms. The number of hydrogen-bond acceptors (Lipinski definition) is 16. The van der Waals surface area contributed by atoms with Gasteiger partial charge in [0, 0.05) is 44.6 Å². The highest BCUT2D eigenvalue weighted by molar-refractivity contribution is 7.99. The van der Waals surface area contributed by atoms with E-state index in [4.69, 9.17) is 51.8 Å². The highest BCUT2D eigenvalue weighted by atomic mass is 32.2. The highest BCUT2D eigenvalue weighted by Crippen LogP contribution is 2.35. The van der Waals surface area contributed by atoms with E-state index in [1.807, 2.05) is 0 Å². The lowest BCUT2D eigenvalue weighted by Crippen LogP contribution is -2.56. The van der Waals surface area contributed by atoms with Gasteiger partial charge in [-0.05, 0) is 24.6 Å². The molecule has 43 heavy (non-hydrogen) atoms. The number of carbonyl (C=O) groups is 3. The third-order valence-electron chi connectivity index (χ3n) is 5.79. The summed E-state index contributed by atoms with van der Waals surface area (Å²) in [6.07, 6.45) is -7.30. The molecule has 1 aliphatic rings. The smallest absolute Gasteiger partial charge is 0.476 e. The van der Waals surface area contributed by atoms with Crippen molar-refractivity contribution in [3.63, 3.8) is 0 Å². The van der Waals surface area contributed by atoms with Gasteiger partial charge in [-0.3, -0.25) is 0 Å². The van der Waals surface area contributed by atoms with Crippen molar-refractivity contribution in [1.82, 2.24) is 0 Å². The largest absolute Gasteiger partial charge is 0.508 e. The monoisotopic (exact) mass is 630 g/mol. The Hall–Kier alpha value is -3.73. The molecular weight excluding hydrogens is 596 g/mol. The maximum Gasteiger partial charge on any atom is 0.508 e. The lowest BCUT2D eigenvalue weighted by molar-refractivity contribution is -0.122. The van der Waals surface area contributed by atoms with Crippen molar-refractivity contribution in [3.8, 4) is 5.75 Å². The second-order valence-electron chi connectivity index (χ2n) is 8.82. The number of fused-ring (bicyclic) bond motifs is 1. The van der Waals surface area contributed by atoms with Crippen molar-refractivity contribution in [2.24, 2.45) is 0 Å². The Morgan fingerprint density at radius 1 is 0.791 bits per heavy atom. The molecule has 15 nitrogen and oxygen atoms in total. The number of hydrogen-bond donors (Lipinski definition) is 0. The topological polar surface area (TPSA) is 174 Å². The molecule has 3 rings (SSSR count). The minimum absolute atomic E-state index is 0.0282. The van der Waals surface area contributed by atoms with Gasteiger partial charge in [-0.2, -0.15) is 0 Å². The summed E-state index contributed by atoms with van der Waals surface area (Å²) in [6.45, 7) is 1.74. The summed E-state index contributed by atoms with van der Waals surface area (Å²) in [5.74, 6) is 0.278. The van der Waals surface area contributed by atoms with Crippen LogP contribution < -0.4 is 10.4 Å². The molecule has 1 fully saturated rings. The van der Waals surface area contributed by atoms with Gasteiger partial charge >= 0.3 is 24.1 Å². The van der Waals surface area contributed by atoms with Gasteiger partial charge in [0.25, 0.3) is 0 Å². The molecule has 0 unspecified atom stereocenters. The number of benzene rings is 1. The molecule has 0 radical (unpaired) electrons. The highest BCUT2D eigenvalue weighted by Gasteiger charge is 2.49. The maximum absolute atomic E-state index is 12.6. The van der Waals surface area contributed by atoms with E-state index in [9.17, 15) is 19.2 Å². The van der Waals surface area contributed by atoms with Crippen LogP contribution in [0.3, 0.4) is 0 Å². The van der Waals surface area contributed by atoms with Crippen molar-refractivity contribution in [2.75, 3.05) is 66.7 Å². The van der Waals surface area contributed by atoms with E-state index in [2.05, 4.69) is 0 Å². The van der Waals surface area contributed by atoms with Crippen LogP contribution in [-0.2, 0) is 42.6 Å². The summed E-state index contributed by atoms with van der Waals surface area (Å²) in [5.41, 5.74) is -0.575. The van der Waals surface area contributed by atoms with E-state index in [-0.39, 0.29) is 56.7 Å². The molecule has 238 valence electrons. The van der Waals surface area contributed by atoms with E-state index >= 15 is 0 Å². The number of aryl methyl sites for hydroxylation is 1. The van der Waals surface area contributed by atoms with Crippen molar-refractivity contribution in [2.45, 2.75) is 30.7 Å². The van der Waals surface area contributed by atoms with Gasteiger partial charge < -0.3 is 51.8 Å². The third-order valence-corrected chi connectivity index (χ3v) is 7.01. The number of carbonyl (C=O) groups excluding carboxylic acids is 3. The van der Waals surface area contributed by atoms with Gasteiger partial charge in [-0.25, -0.2) is 19.2 Å². The molecule has 2 heterocycles. The second kappa shape index (κ2) is 17.4. The predicted octanol–water partition coefficient (Wildman–Crippen LogP) is 3.06. The molecule has 2 aromatic rings. The van der Waals surface area contributed by atoms with E-state index in [0.29, 0.717) is 10.9 Å². The van der Waals surface area contributed by atoms with Crippen molar-refractivity contribution >= 4 is 41.2 Å². The Balaban J connectivity index is 1.89. The zero-order valence-electron chi connectivity index (χ0n) is 24.1. The number of rotatable bonds is 14. The van der Waals surface area contributed by atoms with Crippen LogP contribution in [0, 0.1) is 6.92 Å². The normalized spacial score (nSPS) is 19.7. The van der Waals surface area contributed by atoms with Gasteiger partial charge in [0.05, 0.1) is 19.8 Å². The van der Waals surface area contributed by atoms with Crippen LogP contribution in [0.25, 0.3) is 11.0 Å². The van der Waals surface area contributed by atoms with Gasteiger partial charge in [0.1, 0.15) is 31.2 Å². The second-order valence-corrected chi connectivity index (χ2v) is 9.95. The summed E-state index contributed by atoms with van der Waals surface area (Å²) < 4.78 is 57.6. The quantitative estimate of drug-likeness (QED) is 0.129. The zero-order chi connectivity index (χ0) is 31.2. The Morgan fingerprint density at radius 3 is 1.93 bits per heavy atom. The third kappa shape index (κ3) is 10.5. The van der Waals surface area contributed by atoms with Crippen LogP contribution in [0.5, 0.6) is 5.75 Å². The minimum Gasteiger partial charge on any atom is -0.476 e. The number of methoxy groups -OCH3 is 3. The van der Waals surface area contributed by atoms with Gasteiger partial charge in [0.2, 0.25) is 0 Å². The fourth-order valence-electron chi connectivity index (χ4n) is 3.80. The SMILES string of the molecule is COCCOC(=O)O[C@@H]1[C@@H](OC(=O)OCCOC)[C@@H](Oc2ccc3c(C)cc(=O)oc3c2)SC[C@H]1OC(=O)OCCOC. The first kappa shape index (κ1) is 33.8. The lowest BCUT2D eigenvalue weighted by Gasteiger charge is -2.39. The van der Waals surface area contributed by atoms with Crippen molar-refractivity contribution < 1.29 is 66.2 Å². The first-order valence-corrected chi connectivity index (χ1v) is 14.1. The molecular formula is C27H34O15S. The Labute approximate surface area is 250 Å². The van der Waals surface area contributed by atoms with Crippen LogP contribution in [0.15, 0.2) is 33.5 Å². The van der Waals surface area contributed by atoms with Crippen LogP contribution in [-0.4, -0.2) is 109 Å². The van der Waals surface area contributed by atoms with Gasteiger partial charge in [-0.15, -0.1) is 11.8 Å². The Bertz CT molecular complexity index is 1260. The van der Waals surface area contributed by atoms with Crippen LogP contribution in [0.1, 0.15) is 5.56 Å². The van der Waals surface area contributed by atoms with E-state index < -0.39 is 47.8 Å². The van der Waals surface area contributed by atoms with Gasteiger partial charge in [0.15, 0.2) is 23.7 Å². The first-order valence-electron chi connectivity index (χ1n) is 13.1. The Kier molecular flexibility index (Phi) is 13.7. The molecule has 0 N–H and O–H groups in total.